The van der Waals surface area contributed by atoms with Crippen LogP contribution in [0.5, 0.6) is 0 Å². The maximum atomic E-state index is 11.2. The number of methoxy groups -OCH3 is 1. The van der Waals surface area contributed by atoms with Crippen LogP contribution in [0.4, 0.5) is 0 Å². The summed E-state index contributed by atoms with van der Waals surface area (Å²) in [6.45, 7) is 10.6. The van der Waals surface area contributed by atoms with Crippen LogP contribution in [0.25, 0.3) is 0 Å². The molecule has 0 heterocycles. The van der Waals surface area contributed by atoms with Crippen LogP contribution in [0.2, 0.25) is 0 Å². The van der Waals surface area contributed by atoms with E-state index in [1.807, 2.05) is 31.2 Å². The Morgan fingerprint density at radius 3 is 2.06 bits per heavy atom. The number of carbonyl (C=O) groups excluding carboxylic acids is 1. The average molecular weight is 315 g/mol. The minimum absolute atomic E-state index is 0.216. The van der Waals surface area contributed by atoms with Crippen molar-refractivity contribution in [3.05, 3.63) is 34.3 Å². The van der Waals surface area contributed by atoms with Gasteiger partial charge < -0.3 is 4.74 Å². The van der Waals surface area contributed by atoms with E-state index < -0.39 is 0 Å². The lowest BCUT2D eigenvalue weighted by Gasteiger charge is -2.10. The summed E-state index contributed by atoms with van der Waals surface area (Å²) in [6, 6.07) is 7.64. The van der Waals surface area contributed by atoms with E-state index in [1.54, 1.807) is 0 Å². The Bertz CT molecular complexity index is 374. The van der Waals surface area contributed by atoms with Crippen molar-refractivity contribution in [1.82, 2.24) is 0 Å². The molecule has 0 saturated carbocycles. The standard InChI is InChI=1S/C10H11BrO2.C5H12/c1-7(10(12)13-2)8-5-3-4-6-9(8)11;1-5(2,3)4/h3-7H,1-2H3;1-4H3. The second-order valence-corrected chi connectivity index (χ2v) is 6.62. The van der Waals surface area contributed by atoms with Gasteiger partial charge in [-0.15, -0.1) is 0 Å². The van der Waals surface area contributed by atoms with Crippen LogP contribution in [0.3, 0.4) is 0 Å². The SMILES string of the molecule is CC(C)(C)C.COC(=O)C(C)c1ccccc1Br. The summed E-state index contributed by atoms with van der Waals surface area (Å²) < 4.78 is 5.60. The van der Waals surface area contributed by atoms with Gasteiger partial charge in [0.15, 0.2) is 0 Å². The van der Waals surface area contributed by atoms with Crippen molar-refractivity contribution >= 4 is 21.9 Å². The fourth-order valence-electron chi connectivity index (χ4n) is 1.13. The number of benzene rings is 1. The molecule has 1 unspecified atom stereocenters. The van der Waals surface area contributed by atoms with Crippen molar-refractivity contribution in [3.8, 4) is 0 Å². The van der Waals surface area contributed by atoms with Gasteiger partial charge in [0.2, 0.25) is 0 Å². The van der Waals surface area contributed by atoms with Gasteiger partial charge in [0.25, 0.3) is 0 Å². The molecule has 0 aliphatic heterocycles. The largest absolute Gasteiger partial charge is 0.469 e. The Labute approximate surface area is 119 Å². The Kier molecular flexibility index (Phi) is 7.22. The van der Waals surface area contributed by atoms with E-state index in [9.17, 15) is 4.79 Å². The number of hydrogen-bond donors (Lipinski definition) is 0. The van der Waals surface area contributed by atoms with Gasteiger partial charge in [0, 0.05) is 4.47 Å². The first-order chi connectivity index (χ1) is 8.16. The Morgan fingerprint density at radius 1 is 1.22 bits per heavy atom. The molecule has 102 valence electrons. The molecule has 0 amide bonds. The van der Waals surface area contributed by atoms with Crippen LogP contribution >= 0.6 is 15.9 Å². The molecule has 1 rings (SSSR count). The molecule has 3 heteroatoms. The van der Waals surface area contributed by atoms with Crippen LogP contribution in [0.15, 0.2) is 28.7 Å². The van der Waals surface area contributed by atoms with Gasteiger partial charge >= 0.3 is 5.97 Å². The van der Waals surface area contributed by atoms with E-state index in [1.165, 1.54) is 7.11 Å². The molecule has 0 bridgehead atoms. The summed E-state index contributed by atoms with van der Waals surface area (Å²) in [5.41, 5.74) is 1.45. The number of halogens is 1. The zero-order chi connectivity index (χ0) is 14.3. The van der Waals surface area contributed by atoms with E-state index in [4.69, 9.17) is 0 Å². The maximum absolute atomic E-state index is 11.2. The summed E-state index contributed by atoms with van der Waals surface area (Å²) in [5, 5.41) is 0. The third kappa shape index (κ3) is 7.49. The van der Waals surface area contributed by atoms with Gasteiger partial charge in [-0.1, -0.05) is 61.8 Å². The molecule has 0 N–H and O–H groups in total. The summed E-state index contributed by atoms with van der Waals surface area (Å²) in [6.07, 6.45) is 0. The molecule has 18 heavy (non-hydrogen) atoms. The van der Waals surface area contributed by atoms with Crippen molar-refractivity contribution in [3.63, 3.8) is 0 Å². The first kappa shape index (κ1) is 17.2. The number of carbonyl (C=O) groups is 1. The second kappa shape index (κ2) is 7.57. The normalized spacial score (nSPS) is 12.2. The molecule has 0 spiro atoms. The van der Waals surface area contributed by atoms with Crippen molar-refractivity contribution in [2.24, 2.45) is 5.41 Å². The molecular weight excluding hydrogens is 292 g/mol. The van der Waals surface area contributed by atoms with Gasteiger partial charge in [0.05, 0.1) is 13.0 Å². The topological polar surface area (TPSA) is 26.3 Å². The summed E-state index contributed by atoms with van der Waals surface area (Å²) >= 11 is 3.39. The molecule has 0 aliphatic carbocycles. The third-order valence-electron chi connectivity index (χ3n) is 1.93. The van der Waals surface area contributed by atoms with Crippen molar-refractivity contribution in [2.45, 2.75) is 40.5 Å². The summed E-state index contributed by atoms with van der Waals surface area (Å²) in [4.78, 5) is 11.2. The Hall–Kier alpha value is -0.830. The Balaban J connectivity index is 0.000000494. The molecule has 2 nitrogen and oxygen atoms in total. The predicted molar refractivity (Wildman–Crippen MR) is 79.7 cm³/mol. The van der Waals surface area contributed by atoms with Gasteiger partial charge in [-0.25, -0.2) is 0 Å². The Morgan fingerprint density at radius 2 is 1.67 bits per heavy atom. The molecule has 1 aromatic carbocycles. The van der Waals surface area contributed by atoms with Gasteiger partial charge in [-0.2, -0.15) is 0 Å². The average Bonchev–Trinajstić information content (AvgIpc) is 2.25. The van der Waals surface area contributed by atoms with E-state index in [0.29, 0.717) is 5.41 Å². The van der Waals surface area contributed by atoms with E-state index in [2.05, 4.69) is 48.4 Å². The minimum Gasteiger partial charge on any atom is -0.469 e. The lowest BCUT2D eigenvalue weighted by Crippen LogP contribution is -2.11. The minimum atomic E-state index is -0.222. The third-order valence-corrected chi connectivity index (χ3v) is 2.65. The summed E-state index contributed by atoms with van der Waals surface area (Å²) in [7, 11) is 1.40. The molecular formula is C15H23BrO2. The number of ether oxygens (including phenoxy) is 1. The number of rotatable bonds is 2. The first-order valence-electron chi connectivity index (χ1n) is 5.99. The second-order valence-electron chi connectivity index (χ2n) is 5.77. The highest BCUT2D eigenvalue weighted by Gasteiger charge is 2.17. The van der Waals surface area contributed by atoms with Gasteiger partial charge in [-0.05, 0) is 24.0 Å². The zero-order valence-electron chi connectivity index (χ0n) is 12.1. The first-order valence-corrected chi connectivity index (χ1v) is 6.78. The van der Waals surface area contributed by atoms with Crippen LogP contribution < -0.4 is 0 Å². The molecule has 1 aromatic rings. The van der Waals surface area contributed by atoms with E-state index in [-0.39, 0.29) is 11.9 Å². The maximum Gasteiger partial charge on any atom is 0.312 e. The molecule has 0 fully saturated rings. The van der Waals surface area contributed by atoms with Gasteiger partial charge in [-0.3, -0.25) is 4.79 Å². The van der Waals surface area contributed by atoms with Crippen molar-refractivity contribution in [1.29, 1.82) is 0 Å². The number of hydrogen-bond acceptors (Lipinski definition) is 2. The fourth-order valence-corrected chi connectivity index (χ4v) is 1.76. The van der Waals surface area contributed by atoms with E-state index in [0.717, 1.165) is 10.0 Å². The highest BCUT2D eigenvalue weighted by Crippen LogP contribution is 2.25. The van der Waals surface area contributed by atoms with Crippen molar-refractivity contribution in [2.75, 3.05) is 7.11 Å². The van der Waals surface area contributed by atoms with Crippen molar-refractivity contribution < 1.29 is 9.53 Å². The number of esters is 1. The molecule has 0 saturated heterocycles. The predicted octanol–water partition coefficient (Wildman–Crippen LogP) is 4.78. The lowest BCUT2D eigenvalue weighted by molar-refractivity contribution is -0.142. The molecule has 0 radical (unpaired) electrons. The van der Waals surface area contributed by atoms with E-state index >= 15 is 0 Å². The summed E-state index contributed by atoms with van der Waals surface area (Å²) in [5.74, 6) is -0.438. The monoisotopic (exact) mass is 314 g/mol. The van der Waals surface area contributed by atoms with Crippen LogP contribution in [0.1, 0.15) is 46.1 Å². The zero-order valence-corrected chi connectivity index (χ0v) is 13.7. The smallest absolute Gasteiger partial charge is 0.312 e. The van der Waals surface area contributed by atoms with Crippen LogP contribution in [-0.2, 0) is 9.53 Å². The van der Waals surface area contributed by atoms with Gasteiger partial charge in [0.1, 0.15) is 0 Å². The molecule has 1 atom stereocenters. The quantitative estimate of drug-likeness (QED) is 0.734. The molecule has 0 aliphatic rings. The lowest BCUT2D eigenvalue weighted by atomic mass is 10.0. The van der Waals surface area contributed by atoms with Crippen LogP contribution in [0, 0.1) is 5.41 Å². The highest BCUT2D eigenvalue weighted by atomic mass is 79.9. The highest BCUT2D eigenvalue weighted by molar-refractivity contribution is 9.10. The van der Waals surface area contributed by atoms with Crippen LogP contribution in [-0.4, -0.2) is 13.1 Å². The fraction of sp³-hybridized carbons (Fsp3) is 0.533. The molecule has 0 aromatic heterocycles.